The summed E-state index contributed by atoms with van der Waals surface area (Å²) in [5.74, 6) is 0. The standard InChI is InChI=1S/C10H12ClN3O2S2/c1-6-3-9(17-10(6)11)18(15,16)14-7(2)8-4-12-13-5-8/h3-5,7,14H,1-2H3,(H,12,13). The molecule has 0 aromatic carbocycles. The molecule has 0 aliphatic carbocycles. The minimum atomic E-state index is -3.54. The van der Waals surface area contributed by atoms with Gasteiger partial charge in [-0.05, 0) is 25.5 Å². The van der Waals surface area contributed by atoms with Gasteiger partial charge in [0.05, 0.1) is 10.5 Å². The van der Waals surface area contributed by atoms with Gasteiger partial charge in [0.1, 0.15) is 4.21 Å². The van der Waals surface area contributed by atoms with Gasteiger partial charge in [0.15, 0.2) is 0 Å². The first-order valence-corrected chi connectivity index (χ1v) is 7.85. The van der Waals surface area contributed by atoms with E-state index in [4.69, 9.17) is 11.6 Å². The lowest BCUT2D eigenvalue weighted by Gasteiger charge is -2.11. The number of thiophene rings is 1. The summed E-state index contributed by atoms with van der Waals surface area (Å²) in [6, 6.07) is 1.21. The molecule has 2 aromatic rings. The molecule has 0 amide bonds. The maximum Gasteiger partial charge on any atom is 0.250 e. The number of sulfonamides is 1. The minimum absolute atomic E-state index is 0.223. The minimum Gasteiger partial charge on any atom is -0.285 e. The van der Waals surface area contributed by atoms with Crippen LogP contribution < -0.4 is 4.72 Å². The van der Waals surface area contributed by atoms with Crippen LogP contribution in [0.2, 0.25) is 4.34 Å². The second-order valence-electron chi connectivity index (χ2n) is 3.90. The van der Waals surface area contributed by atoms with Crippen LogP contribution in [0.4, 0.5) is 0 Å². The lowest BCUT2D eigenvalue weighted by Crippen LogP contribution is -2.25. The van der Waals surface area contributed by atoms with Crippen molar-refractivity contribution in [2.24, 2.45) is 0 Å². The van der Waals surface area contributed by atoms with Gasteiger partial charge >= 0.3 is 0 Å². The Balaban J connectivity index is 2.22. The predicted octanol–water partition coefficient (Wildman–Crippen LogP) is 2.47. The Morgan fingerprint density at radius 1 is 1.56 bits per heavy atom. The molecule has 0 aliphatic heterocycles. The maximum absolute atomic E-state index is 12.1. The zero-order chi connectivity index (χ0) is 13.3. The Labute approximate surface area is 114 Å². The molecule has 2 aromatic heterocycles. The van der Waals surface area contributed by atoms with Crippen molar-refractivity contribution in [2.45, 2.75) is 24.1 Å². The van der Waals surface area contributed by atoms with Gasteiger partial charge in [-0.3, -0.25) is 5.10 Å². The smallest absolute Gasteiger partial charge is 0.250 e. The Hall–Kier alpha value is -0.890. The number of nitrogens with one attached hydrogen (secondary N) is 2. The average Bonchev–Trinajstić information content (AvgIpc) is 2.89. The van der Waals surface area contributed by atoms with E-state index in [0.29, 0.717) is 4.34 Å². The summed E-state index contributed by atoms with van der Waals surface area (Å²) in [4.78, 5) is 0. The second kappa shape index (κ2) is 5.00. The monoisotopic (exact) mass is 305 g/mol. The van der Waals surface area contributed by atoms with Crippen molar-refractivity contribution < 1.29 is 8.42 Å². The van der Waals surface area contributed by atoms with Gasteiger partial charge in [-0.2, -0.15) is 5.10 Å². The van der Waals surface area contributed by atoms with E-state index in [0.717, 1.165) is 22.5 Å². The van der Waals surface area contributed by atoms with E-state index in [1.165, 1.54) is 0 Å². The van der Waals surface area contributed by atoms with Crippen molar-refractivity contribution in [1.82, 2.24) is 14.9 Å². The van der Waals surface area contributed by atoms with Crippen molar-refractivity contribution in [1.29, 1.82) is 0 Å². The quantitative estimate of drug-likeness (QED) is 0.911. The summed E-state index contributed by atoms with van der Waals surface area (Å²) in [6.45, 7) is 3.53. The molecule has 1 unspecified atom stereocenters. The first kappa shape index (κ1) is 13.5. The highest BCUT2D eigenvalue weighted by molar-refractivity contribution is 7.91. The van der Waals surface area contributed by atoms with E-state index in [1.807, 2.05) is 0 Å². The molecule has 2 heterocycles. The third-order valence-corrected chi connectivity index (χ3v) is 6.02. The number of hydrogen-bond donors (Lipinski definition) is 2. The van der Waals surface area contributed by atoms with E-state index >= 15 is 0 Å². The van der Waals surface area contributed by atoms with Crippen LogP contribution in [0.5, 0.6) is 0 Å². The van der Waals surface area contributed by atoms with Crippen molar-refractivity contribution in [3.05, 3.63) is 33.9 Å². The highest BCUT2D eigenvalue weighted by atomic mass is 35.5. The highest BCUT2D eigenvalue weighted by Gasteiger charge is 2.21. The molecule has 18 heavy (non-hydrogen) atoms. The largest absolute Gasteiger partial charge is 0.285 e. The van der Waals surface area contributed by atoms with Crippen molar-refractivity contribution in [3.63, 3.8) is 0 Å². The fraction of sp³-hybridized carbons (Fsp3) is 0.300. The summed E-state index contributed by atoms with van der Waals surface area (Å²) in [6.07, 6.45) is 3.24. The summed E-state index contributed by atoms with van der Waals surface area (Å²) < 4.78 is 27.5. The molecular formula is C10H12ClN3O2S2. The number of rotatable bonds is 4. The van der Waals surface area contributed by atoms with Crippen LogP contribution in [0.1, 0.15) is 24.1 Å². The van der Waals surface area contributed by atoms with Crippen molar-refractivity contribution in [2.75, 3.05) is 0 Å². The van der Waals surface area contributed by atoms with Crippen LogP contribution in [0.3, 0.4) is 0 Å². The molecule has 0 aliphatic rings. The van der Waals surface area contributed by atoms with E-state index in [1.54, 1.807) is 32.3 Å². The van der Waals surface area contributed by atoms with Gasteiger partial charge in [0.25, 0.3) is 10.0 Å². The fourth-order valence-electron chi connectivity index (χ4n) is 1.42. The van der Waals surface area contributed by atoms with Crippen LogP contribution in [-0.2, 0) is 10.0 Å². The Morgan fingerprint density at radius 3 is 2.78 bits per heavy atom. The Kier molecular flexibility index (Phi) is 3.76. The van der Waals surface area contributed by atoms with E-state index in [-0.39, 0.29) is 10.3 Å². The van der Waals surface area contributed by atoms with E-state index in [9.17, 15) is 8.42 Å². The zero-order valence-electron chi connectivity index (χ0n) is 9.77. The summed E-state index contributed by atoms with van der Waals surface area (Å²) in [5.41, 5.74) is 1.54. The van der Waals surface area contributed by atoms with Gasteiger partial charge < -0.3 is 0 Å². The fourth-order valence-corrected chi connectivity index (χ4v) is 4.38. The molecule has 0 bridgehead atoms. The number of hydrogen-bond acceptors (Lipinski definition) is 4. The molecule has 1 atom stereocenters. The normalized spacial score (nSPS) is 13.7. The van der Waals surface area contributed by atoms with Crippen LogP contribution in [0.25, 0.3) is 0 Å². The highest BCUT2D eigenvalue weighted by Crippen LogP contribution is 2.30. The van der Waals surface area contributed by atoms with E-state index in [2.05, 4.69) is 14.9 Å². The first-order chi connectivity index (χ1) is 8.40. The van der Waals surface area contributed by atoms with Gasteiger partial charge in [-0.25, -0.2) is 13.1 Å². The molecule has 0 saturated heterocycles. The maximum atomic E-state index is 12.1. The summed E-state index contributed by atoms with van der Waals surface area (Å²) in [5, 5.41) is 6.43. The predicted molar refractivity (Wildman–Crippen MR) is 71.4 cm³/mol. The summed E-state index contributed by atoms with van der Waals surface area (Å²) >= 11 is 6.93. The first-order valence-electron chi connectivity index (χ1n) is 5.17. The Morgan fingerprint density at radius 2 is 2.28 bits per heavy atom. The number of H-pyrrole nitrogens is 1. The number of aryl methyl sites for hydroxylation is 1. The lowest BCUT2D eigenvalue weighted by molar-refractivity contribution is 0.569. The van der Waals surface area contributed by atoms with Crippen LogP contribution in [0, 0.1) is 6.92 Å². The average molecular weight is 306 g/mol. The van der Waals surface area contributed by atoms with Gasteiger partial charge in [-0.15, -0.1) is 11.3 Å². The van der Waals surface area contributed by atoms with Gasteiger partial charge in [0, 0.05) is 17.8 Å². The van der Waals surface area contributed by atoms with Gasteiger partial charge in [0.2, 0.25) is 0 Å². The molecule has 0 radical (unpaired) electrons. The second-order valence-corrected chi connectivity index (χ2v) is 7.49. The lowest BCUT2D eigenvalue weighted by atomic mass is 10.2. The number of halogens is 1. The molecule has 2 rings (SSSR count). The Bertz CT molecular complexity index is 615. The molecule has 0 saturated carbocycles. The topological polar surface area (TPSA) is 74.8 Å². The molecule has 98 valence electrons. The van der Waals surface area contributed by atoms with Crippen LogP contribution in [-0.4, -0.2) is 18.6 Å². The summed E-state index contributed by atoms with van der Waals surface area (Å²) in [7, 11) is -3.54. The molecule has 2 N–H and O–H groups in total. The molecule has 5 nitrogen and oxygen atoms in total. The molecule has 0 fully saturated rings. The molecule has 0 spiro atoms. The number of aromatic amines is 1. The van der Waals surface area contributed by atoms with Crippen LogP contribution in [0.15, 0.2) is 22.7 Å². The zero-order valence-corrected chi connectivity index (χ0v) is 12.2. The van der Waals surface area contributed by atoms with Gasteiger partial charge in [-0.1, -0.05) is 11.6 Å². The number of nitrogens with zero attached hydrogens (tertiary/aromatic N) is 1. The number of aromatic nitrogens is 2. The van der Waals surface area contributed by atoms with Crippen LogP contribution >= 0.6 is 22.9 Å². The SMILES string of the molecule is Cc1cc(S(=O)(=O)NC(C)c2cn[nH]c2)sc1Cl. The van der Waals surface area contributed by atoms with E-state index < -0.39 is 10.0 Å². The molecular weight excluding hydrogens is 294 g/mol. The molecule has 8 heteroatoms. The third-order valence-electron chi connectivity index (χ3n) is 2.45. The van der Waals surface area contributed by atoms with Crippen molar-refractivity contribution >= 4 is 33.0 Å². The van der Waals surface area contributed by atoms with Crippen molar-refractivity contribution in [3.8, 4) is 0 Å². The third kappa shape index (κ3) is 2.74.